The fourth-order valence-corrected chi connectivity index (χ4v) is 5.48. The maximum Gasteiger partial charge on any atom is 0.435 e. The van der Waals surface area contributed by atoms with E-state index < -0.39 is 6.09 Å². The van der Waals surface area contributed by atoms with Crippen molar-refractivity contribution in [2.24, 2.45) is 0 Å². The lowest BCUT2D eigenvalue weighted by atomic mass is 10.0. The van der Waals surface area contributed by atoms with Crippen molar-refractivity contribution in [2.45, 2.75) is 46.7 Å². The topological polar surface area (TPSA) is 112 Å². The molecule has 2 aromatic carbocycles. The molecule has 0 atom stereocenters. The van der Waals surface area contributed by atoms with Gasteiger partial charge in [0.2, 0.25) is 0 Å². The van der Waals surface area contributed by atoms with Gasteiger partial charge in [0.1, 0.15) is 0 Å². The van der Waals surface area contributed by atoms with Crippen LogP contribution in [0.15, 0.2) is 42.5 Å². The molecule has 2 aliphatic rings. The third-order valence-electron chi connectivity index (χ3n) is 7.97. The van der Waals surface area contributed by atoms with E-state index in [9.17, 15) is 14.4 Å². The number of fused-ring (bicyclic) bond motifs is 1. The van der Waals surface area contributed by atoms with Crippen molar-refractivity contribution in [1.29, 1.82) is 0 Å². The van der Waals surface area contributed by atoms with Gasteiger partial charge in [0.05, 0.1) is 25.4 Å². The Kier molecular flexibility index (Phi) is 8.77. The maximum atomic E-state index is 13.4. The fraction of sp³-hybridized carbons (Fsp3) is 0.419. The Morgan fingerprint density at radius 3 is 2.17 bits per heavy atom. The lowest BCUT2D eigenvalue weighted by molar-refractivity contribution is 0.102. The second-order valence-electron chi connectivity index (χ2n) is 10.6. The van der Waals surface area contributed by atoms with E-state index in [0.29, 0.717) is 16.8 Å². The van der Waals surface area contributed by atoms with Gasteiger partial charge in [-0.05, 0) is 62.2 Å². The molecule has 2 N–H and O–H groups in total. The van der Waals surface area contributed by atoms with E-state index in [1.54, 1.807) is 24.0 Å². The Morgan fingerprint density at radius 2 is 1.55 bits per heavy atom. The van der Waals surface area contributed by atoms with Gasteiger partial charge in [-0.2, -0.15) is 4.68 Å². The Hall–Kier alpha value is -4.38. The summed E-state index contributed by atoms with van der Waals surface area (Å²) in [5.41, 5.74) is 5.62. The average Bonchev–Trinajstić information content (AvgIpc) is 3.58. The molecule has 3 amide bonds. The first-order chi connectivity index (χ1) is 20.3. The molecule has 1 fully saturated rings. The minimum atomic E-state index is -0.655. The second kappa shape index (κ2) is 12.6. The predicted molar refractivity (Wildman–Crippen MR) is 162 cm³/mol. The van der Waals surface area contributed by atoms with E-state index in [-0.39, 0.29) is 37.5 Å². The number of aryl methyl sites for hydroxylation is 2. The molecular weight excluding hydrogens is 534 g/mol. The molecule has 0 aliphatic carbocycles. The number of rotatable bonds is 7. The molecule has 3 aromatic rings. The van der Waals surface area contributed by atoms with Crippen molar-refractivity contribution in [3.05, 3.63) is 70.4 Å². The number of piperazine rings is 1. The van der Waals surface area contributed by atoms with Crippen LogP contribution in [0.25, 0.3) is 0 Å². The quantitative estimate of drug-likeness (QED) is 0.426. The van der Waals surface area contributed by atoms with Gasteiger partial charge in [-0.15, -0.1) is 5.10 Å². The molecule has 42 heavy (non-hydrogen) atoms. The Bertz CT molecular complexity index is 1440. The number of carbonyl (C=O) groups is 3. The van der Waals surface area contributed by atoms with Crippen LogP contribution in [0.3, 0.4) is 0 Å². The van der Waals surface area contributed by atoms with Crippen molar-refractivity contribution in [2.75, 3.05) is 55.4 Å². The number of anilines is 3. The van der Waals surface area contributed by atoms with Crippen molar-refractivity contribution in [1.82, 2.24) is 19.6 Å². The van der Waals surface area contributed by atoms with Crippen molar-refractivity contribution in [3.8, 4) is 0 Å². The van der Waals surface area contributed by atoms with E-state index in [4.69, 9.17) is 4.74 Å². The first-order valence-corrected chi connectivity index (χ1v) is 14.6. The monoisotopic (exact) mass is 573 g/mol. The van der Waals surface area contributed by atoms with Crippen LogP contribution in [0.1, 0.15) is 53.5 Å². The highest BCUT2D eigenvalue weighted by atomic mass is 16.6. The Balaban J connectivity index is 1.34. The molecule has 0 spiro atoms. The molecule has 2 aliphatic heterocycles. The van der Waals surface area contributed by atoms with Crippen LogP contribution in [0.2, 0.25) is 0 Å². The molecule has 3 heterocycles. The van der Waals surface area contributed by atoms with Gasteiger partial charge in [-0.25, -0.2) is 9.59 Å². The van der Waals surface area contributed by atoms with Crippen LogP contribution in [0.5, 0.6) is 0 Å². The fourth-order valence-electron chi connectivity index (χ4n) is 5.48. The zero-order valence-electron chi connectivity index (χ0n) is 24.8. The number of aromatic nitrogens is 2. The Morgan fingerprint density at radius 1 is 0.881 bits per heavy atom. The number of hydrogen-bond donors (Lipinski definition) is 2. The maximum absolute atomic E-state index is 13.4. The number of hydrogen-bond acceptors (Lipinski definition) is 7. The number of nitrogens with one attached hydrogen (secondary N) is 2. The molecule has 0 unspecified atom stereocenters. The highest BCUT2D eigenvalue weighted by Gasteiger charge is 2.34. The SMILES string of the molecule is CCOC(=O)n1nc(NC(=O)c2ccc(N3CCN(C)CC3)cc2)c2c1CN(C(=O)Nc1c(CC)cccc1CC)C2. The zero-order chi connectivity index (χ0) is 29.8. The largest absolute Gasteiger partial charge is 0.448 e. The van der Waals surface area contributed by atoms with E-state index >= 15 is 0 Å². The summed E-state index contributed by atoms with van der Waals surface area (Å²) in [5.74, 6) is -0.103. The third kappa shape index (κ3) is 5.96. The lowest BCUT2D eigenvalue weighted by Crippen LogP contribution is -2.44. The minimum Gasteiger partial charge on any atom is -0.448 e. The summed E-state index contributed by atoms with van der Waals surface area (Å²) in [7, 11) is 2.12. The molecular formula is C31H39N7O4. The number of carbonyl (C=O) groups excluding carboxylic acids is 3. The third-order valence-corrected chi connectivity index (χ3v) is 7.97. The molecule has 0 radical (unpaired) electrons. The van der Waals surface area contributed by atoms with Crippen molar-refractivity contribution >= 4 is 35.2 Å². The minimum absolute atomic E-state index is 0.151. The predicted octanol–water partition coefficient (Wildman–Crippen LogP) is 4.56. The number of amides is 3. The number of likely N-dealkylation sites (N-methyl/N-ethyl adjacent to an activating group) is 1. The normalized spacial score (nSPS) is 15.0. The van der Waals surface area contributed by atoms with Crippen LogP contribution in [0, 0.1) is 0 Å². The molecule has 222 valence electrons. The van der Waals surface area contributed by atoms with E-state index in [1.807, 2.05) is 30.3 Å². The summed E-state index contributed by atoms with van der Waals surface area (Å²) in [6.07, 6.45) is 0.917. The zero-order valence-corrected chi connectivity index (χ0v) is 24.8. The van der Waals surface area contributed by atoms with Gasteiger partial charge < -0.3 is 30.1 Å². The standard InChI is InChI=1S/C31H39N7O4/c1-5-21-9-8-10-22(6-2)27(21)32-30(40)37-19-25-26(20-37)38(31(41)42-7-3)34-28(25)33-29(39)23-11-13-24(14-12-23)36-17-15-35(4)16-18-36/h8-14H,5-7,15-20H2,1-4H3,(H,32,40)(H,33,34,39). The van der Waals surface area contributed by atoms with Crippen LogP contribution >= 0.6 is 0 Å². The van der Waals surface area contributed by atoms with Crippen molar-refractivity contribution in [3.63, 3.8) is 0 Å². The first-order valence-electron chi connectivity index (χ1n) is 14.6. The Labute approximate surface area is 246 Å². The van der Waals surface area contributed by atoms with Gasteiger partial charge in [-0.1, -0.05) is 32.0 Å². The highest BCUT2D eigenvalue weighted by Crippen LogP contribution is 2.31. The van der Waals surface area contributed by atoms with Gasteiger partial charge in [0.25, 0.3) is 5.91 Å². The number of urea groups is 1. The van der Waals surface area contributed by atoms with Crippen LogP contribution in [-0.2, 0) is 30.7 Å². The molecule has 5 rings (SSSR count). The molecule has 0 bridgehead atoms. The molecule has 11 nitrogen and oxygen atoms in total. The number of ether oxygens (including phenoxy) is 1. The van der Waals surface area contributed by atoms with Crippen LogP contribution in [0.4, 0.5) is 26.8 Å². The summed E-state index contributed by atoms with van der Waals surface area (Å²) < 4.78 is 6.36. The average molecular weight is 574 g/mol. The molecule has 11 heteroatoms. The summed E-state index contributed by atoms with van der Waals surface area (Å²) in [5, 5.41) is 10.3. The summed E-state index contributed by atoms with van der Waals surface area (Å²) in [6, 6.07) is 13.2. The summed E-state index contributed by atoms with van der Waals surface area (Å²) in [6.45, 7) is 10.2. The molecule has 0 saturated carbocycles. The number of para-hydroxylation sites is 1. The van der Waals surface area contributed by atoms with Gasteiger partial charge in [0, 0.05) is 48.7 Å². The van der Waals surface area contributed by atoms with Crippen LogP contribution in [-0.4, -0.2) is 77.4 Å². The van der Waals surface area contributed by atoms with Gasteiger partial charge >= 0.3 is 12.1 Å². The number of nitrogens with zero attached hydrogens (tertiary/aromatic N) is 5. The van der Waals surface area contributed by atoms with Gasteiger partial charge in [0.15, 0.2) is 5.82 Å². The van der Waals surface area contributed by atoms with Gasteiger partial charge in [-0.3, -0.25) is 4.79 Å². The first kappa shape index (κ1) is 29.1. The van der Waals surface area contributed by atoms with Crippen molar-refractivity contribution < 1.29 is 19.1 Å². The van der Waals surface area contributed by atoms with E-state index in [2.05, 4.69) is 46.4 Å². The second-order valence-corrected chi connectivity index (χ2v) is 10.6. The van der Waals surface area contributed by atoms with Crippen LogP contribution < -0.4 is 15.5 Å². The highest BCUT2D eigenvalue weighted by molar-refractivity contribution is 6.04. The summed E-state index contributed by atoms with van der Waals surface area (Å²) in [4.78, 5) is 45.7. The number of benzene rings is 2. The molecule has 1 aromatic heterocycles. The van der Waals surface area contributed by atoms with E-state index in [1.165, 1.54) is 0 Å². The molecule has 1 saturated heterocycles. The lowest BCUT2D eigenvalue weighted by Gasteiger charge is -2.34. The summed E-state index contributed by atoms with van der Waals surface area (Å²) >= 11 is 0. The van der Waals surface area contributed by atoms with E-state index in [0.717, 1.165) is 66.2 Å². The smallest absolute Gasteiger partial charge is 0.435 e.